The lowest BCUT2D eigenvalue weighted by atomic mass is 9.91. The zero-order valence-corrected chi connectivity index (χ0v) is 11.3. The molecule has 0 aliphatic carbocycles. The van der Waals surface area contributed by atoms with Gasteiger partial charge in [-0.05, 0) is 19.9 Å². The van der Waals surface area contributed by atoms with Gasteiger partial charge in [0.15, 0.2) is 0 Å². The monoisotopic (exact) mass is 266 g/mol. The van der Waals surface area contributed by atoms with E-state index in [-0.39, 0.29) is 5.82 Å². The van der Waals surface area contributed by atoms with Crippen molar-refractivity contribution in [1.29, 1.82) is 0 Å². The minimum atomic E-state index is -0.886. The van der Waals surface area contributed by atoms with Crippen LogP contribution in [0, 0.1) is 5.82 Å². The number of piperazine rings is 1. The van der Waals surface area contributed by atoms with E-state index in [1.165, 1.54) is 11.0 Å². The van der Waals surface area contributed by atoms with Gasteiger partial charge in [0.25, 0.3) is 0 Å². The predicted octanol–water partition coefficient (Wildman–Crippen LogP) is 2.36. The summed E-state index contributed by atoms with van der Waals surface area (Å²) < 4.78 is 13.9. The van der Waals surface area contributed by atoms with Crippen molar-refractivity contribution in [1.82, 2.24) is 9.80 Å². The Morgan fingerprint density at radius 1 is 1.21 bits per heavy atom. The summed E-state index contributed by atoms with van der Waals surface area (Å²) in [6.07, 6.45) is -0.886. The van der Waals surface area contributed by atoms with Gasteiger partial charge in [0, 0.05) is 37.3 Å². The lowest BCUT2D eigenvalue weighted by Crippen LogP contribution is -2.54. The summed E-state index contributed by atoms with van der Waals surface area (Å²) in [6, 6.07) is 6.76. The van der Waals surface area contributed by atoms with Gasteiger partial charge in [-0.2, -0.15) is 0 Å². The number of benzene rings is 1. The molecule has 1 N–H and O–H groups in total. The molecule has 0 atom stereocenters. The van der Waals surface area contributed by atoms with Crippen LogP contribution in [-0.2, 0) is 5.54 Å². The van der Waals surface area contributed by atoms with Gasteiger partial charge in [0.2, 0.25) is 0 Å². The first kappa shape index (κ1) is 13.8. The second-order valence-corrected chi connectivity index (χ2v) is 5.30. The molecule has 1 heterocycles. The summed E-state index contributed by atoms with van der Waals surface area (Å²) in [4.78, 5) is 14.4. The van der Waals surface area contributed by atoms with E-state index in [1.54, 1.807) is 12.1 Å². The van der Waals surface area contributed by atoms with E-state index in [0.717, 1.165) is 0 Å². The third-order valence-corrected chi connectivity index (χ3v) is 3.87. The minimum Gasteiger partial charge on any atom is -0.465 e. The number of halogens is 1. The highest BCUT2D eigenvalue weighted by Crippen LogP contribution is 2.30. The molecular weight excluding hydrogens is 247 g/mol. The fourth-order valence-electron chi connectivity index (χ4n) is 2.58. The maximum atomic E-state index is 13.9. The maximum Gasteiger partial charge on any atom is 0.407 e. The van der Waals surface area contributed by atoms with Crippen molar-refractivity contribution in [3.8, 4) is 0 Å². The van der Waals surface area contributed by atoms with E-state index in [2.05, 4.69) is 4.90 Å². The van der Waals surface area contributed by atoms with E-state index < -0.39 is 11.6 Å². The Labute approximate surface area is 112 Å². The van der Waals surface area contributed by atoms with Crippen molar-refractivity contribution in [3.05, 3.63) is 35.6 Å². The number of carbonyl (C=O) groups is 1. The van der Waals surface area contributed by atoms with Crippen LogP contribution in [0.3, 0.4) is 0 Å². The maximum absolute atomic E-state index is 13.9. The Hall–Kier alpha value is -1.62. The molecule has 5 heteroatoms. The van der Waals surface area contributed by atoms with Crippen LogP contribution in [0.25, 0.3) is 0 Å². The fourth-order valence-corrected chi connectivity index (χ4v) is 2.58. The normalized spacial score (nSPS) is 17.5. The summed E-state index contributed by atoms with van der Waals surface area (Å²) >= 11 is 0. The van der Waals surface area contributed by atoms with E-state index >= 15 is 0 Å². The lowest BCUT2D eigenvalue weighted by Gasteiger charge is -2.43. The molecule has 4 nitrogen and oxygen atoms in total. The lowest BCUT2D eigenvalue weighted by molar-refractivity contribution is 0.0482. The quantitative estimate of drug-likeness (QED) is 0.893. The first-order valence-electron chi connectivity index (χ1n) is 6.41. The van der Waals surface area contributed by atoms with Gasteiger partial charge < -0.3 is 10.0 Å². The molecule has 1 aliphatic rings. The first-order chi connectivity index (χ1) is 8.93. The molecule has 0 bridgehead atoms. The zero-order valence-electron chi connectivity index (χ0n) is 11.3. The third-order valence-electron chi connectivity index (χ3n) is 3.87. The number of amides is 1. The Bertz CT molecular complexity index is 468. The molecule has 1 aromatic carbocycles. The van der Waals surface area contributed by atoms with Crippen LogP contribution in [-0.4, -0.2) is 47.2 Å². The molecule has 1 fully saturated rings. The van der Waals surface area contributed by atoms with Gasteiger partial charge in [-0.25, -0.2) is 9.18 Å². The molecule has 104 valence electrons. The van der Waals surface area contributed by atoms with Crippen LogP contribution in [0.2, 0.25) is 0 Å². The Morgan fingerprint density at radius 3 is 2.32 bits per heavy atom. The first-order valence-corrected chi connectivity index (χ1v) is 6.41. The van der Waals surface area contributed by atoms with Crippen molar-refractivity contribution in [3.63, 3.8) is 0 Å². The Kier molecular flexibility index (Phi) is 3.75. The average Bonchev–Trinajstić information content (AvgIpc) is 2.39. The minimum absolute atomic E-state index is 0.215. The Morgan fingerprint density at radius 2 is 1.79 bits per heavy atom. The van der Waals surface area contributed by atoms with Crippen LogP contribution in [0.5, 0.6) is 0 Å². The van der Waals surface area contributed by atoms with Crippen molar-refractivity contribution in [2.45, 2.75) is 19.4 Å². The number of carboxylic acid groups (broad SMARTS) is 1. The molecule has 0 spiro atoms. The highest BCUT2D eigenvalue weighted by atomic mass is 19.1. The smallest absolute Gasteiger partial charge is 0.407 e. The zero-order chi connectivity index (χ0) is 14.0. The second kappa shape index (κ2) is 5.17. The second-order valence-electron chi connectivity index (χ2n) is 5.30. The highest BCUT2D eigenvalue weighted by Gasteiger charge is 2.34. The van der Waals surface area contributed by atoms with Crippen molar-refractivity contribution in [2.24, 2.45) is 0 Å². The van der Waals surface area contributed by atoms with Gasteiger partial charge in [-0.15, -0.1) is 0 Å². The van der Waals surface area contributed by atoms with Gasteiger partial charge in [-0.3, -0.25) is 4.90 Å². The van der Waals surface area contributed by atoms with Crippen molar-refractivity contribution in [2.75, 3.05) is 26.2 Å². The predicted molar refractivity (Wildman–Crippen MR) is 70.6 cm³/mol. The summed E-state index contributed by atoms with van der Waals surface area (Å²) in [5.74, 6) is -0.215. The largest absolute Gasteiger partial charge is 0.465 e. The summed E-state index contributed by atoms with van der Waals surface area (Å²) in [6.45, 7) is 6.12. The number of nitrogens with zero attached hydrogens (tertiary/aromatic N) is 2. The fraction of sp³-hybridized carbons (Fsp3) is 0.500. The Balaban J connectivity index is 2.14. The third kappa shape index (κ3) is 2.71. The molecule has 19 heavy (non-hydrogen) atoms. The molecule has 0 unspecified atom stereocenters. The van der Waals surface area contributed by atoms with E-state index in [0.29, 0.717) is 31.7 Å². The van der Waals surface area contributed by atoms with E-state index in [1.807, 2.05) is 19.9 Å². The van der Waals surface area contributed by atoms with Crippen LogP contribution in [0.15, 0.2) is 24.3 Å². The van der Waals surface area contributed by atoms with Crippen LogP contribution < -0.4 is 0 Å². The van der Waals surface area contributed by atoms with E-state index in [9.17, 15) is 9.18 Å². The highest BCUT2D eigenvalue weighted by molar-refractivity contribution is 5.65. The van der Waals surface area contributed by atoms with Crippen molar-refractivity contribution >= 4 is 6.09 Å². The average molecular weight is 266 g/mol. The summed E-state index contributed by atoms with van der Waals surface area (Å²) in [5.41, 5.74) is 0.217. The van der Waals surface area contributed by atoms with Crippen LogP contribution >= 0.6 is 0 Å². The molecule has 0 radical (unpaired) electrons. The van der Waals surface area contributed by atoms with Gasteiger partial charge >= 0.3 is 6.09 Å². The number of hydrogen-bond donors (Lipinski definition) is 1. The standard InChI is InChI=1S/C14H19FN2O2/c1-14(2,11-5-3-4-6-12(11)15)17-9-7-16(8-10-17)13(18)19/h3-6H,7-10H2,1-2H3,(H,18,19). The van der Waals surface area contributed by atoms with Crippen LogP contribution in [0.1, 0.15) is 19.4 Å². The molecule has 0 aromatic heterocycles. The molecule has 0 saturated carbocycles. The molecule has 1 saturated heterocycles. The van der Waals surface area contributed by atoms with Gasteiger partial charge in [0.1, 0.15) is 5.82 Å². The molecule has 1 aromatic rings. The molecule has 1 aliphatic heterocycles. The SMILES string of the molecule is CC(C)(c1ccccc1F)N1CCN(C(=O)O)CC1. The van der Waals surface area contributed by atoms with Crippen molar-refractivity contribution < 1.29 is 14.3 Å². The van der Waals surface area contributed by atoms with Gasteiger partial charge in [0.05, 0.1) is 0 Å². The van der Waals surface area contributed by atoms with Gasteiger partial charge in [-0.1, -0.05) is 18.2 Å². The number of rotatable bonds is 2. The van der Waals surface area contributed by atoms with Crippen LogP contribution in [0.4, 0.5) is 9.18 Å². The molecular formula is C14H19FN2O2. The molecule has 1 amide bonds. The number of hydrogen-bond acceptors (Lipinski definition) is 2. The topological polar surface area (TPSA) is 43.8 Å². The summed E-state index contributed by atoms with van der Waals surface area (Å²) in [7, 11) is 0. The van der Waals surface area contributed by atoms with E-state index in [4.69, 9.17) is 5.11 Å². The summed E-state index contributed by atoms with van der Waals surface area (Å²) in [5, 5.41) is 8.94. The molecule has 2 rings (SSSR count).